The lowest BCUT2D eigenvalue weighted by Gasteiger charge is -2.14. The number of benzene rings is 1. The van der Waals surface area contributed by atoms with Gasteiger partial charge < -0.3 is 0 Å². The predicted molar refractivity (Wildman–Crippen MR) is 74.1 cm³/mol. The molecule has 1 heterocycles. The first-order valence-electron chi connectivity index (χ1n) is 5.71. The molecule has 1 atom stereocenters. The van der Waals surface area contributed by atoms with Gasteiger partial charge in [-0.3, -0.25) is 5.84 Å². The van der Waals surface area contributed by atoms with Crippen molar-refractivity contribution in [1.29, 1.82) is 0 Å². The van der Waals surface area contributed by atoms with Gasteiger partial charge in [0.25, 0.3) is 0 Å². The number of hydrogen-bond donors (Lipinski definition) is 2. The molecule has 1 aromatic heterocycles. The number of nitrogens with one attached hydrogen (secondary N) is 1. The molecule has 1 aromatic carbocycles. The van der Waals surface area contributed by atoms with Crippen molar-refractivity contribution in [3.05, 3.63) is 56.8 Å². The van der Waals surface area contributed by atoms with Crippen LogP contribution in [0.4, 0.5) is 0 Å². The van der Waals surface area contributed by atoms with Crippen LogP contribution in [0.1, 0.15) is 32.5 Å². The standard InChI is InChI=1S/C14H18N2S/c1-9-4-6-12(7-5-9)14(16-15)13-8-10(2)11(3)17-13/h4-8,14,16H,15H2,1-3H3. The number of hydrogen-bond acceptors (Lipinski definition) is 3. The Hall–Kier alpha value is -1.16. The number of thiophene rings is 1. The van der Waals surface area contributed by atoms with Crippen molar-refractivity contribution in [2.45, 2.75) is 26.8 Å². The summed E-state index contributed by atoms with van der Waals surface area (Å²) < 4.78 is 0. The number of nitrogens with two attached hydrogens (primary N) is 1. The van der Waals surface area contributed by atoms with Crippen molar-refractivity contribution in [2.24, 2.45) is 5.84 Å². The average molecular weight is 246 g/mol. The molecule has 0 amide bonds. The van der Waals surface area contributed by atoms with Crippen LogP contribution in [0.15, 0.2) is 30.3 Å². The minimum Gasteiger partial charge on any atom is -0.271 e. The average Bonchev–Trinajstić information content (AvgIpc) is 2.63. The molecule has 0 saturated carbocycles. The fourth-order valence-electron chi connectivity index (χ4n) is 1.85. The Labute approximate surface area is 106 Å². The summed E-state index contributed by atoms with van der Waals surface area (Å²) in [4.78, 5) is 2.62. The zero-order valence-corrected chi connectivity index (χ0v) is 11.3. The molecule has 0 fully saturated rings. The molecule has 0 aliphatic heterocycles. The molecule has 17 heavy (non-hydrogen) atoms. The van der Waals surface area contributed by atoms with E-state index >= 15 is 0 Å². The lowest BCUT2D eigenvalue weighted by atomic mass is 10.0. The van der Waals surface area contributed by atoms with Crippen LogP contribution >= 0.6 is 11.3 Å². The van der Waals surface area contributed by atoms with Gasteiger partial charge in [0.05, 0.1) is 6.04 Å². The lowest BCUT2D eigenvalue weighted by Crippen LogP contribution is -2.28. The third kappa shape index (κ3) is 2.57. The molecule has 0 bridgehead atoms. The quantitative estimate of drug-likeness (QED) is 0.644. The highest BCUT2D eigenvalue weighted by Gasteiger charge is 2.15. The molecular weight excluding hydrogens is 228 g/mol. The van der Waals surface area contributed by atoms with Gasteiger partial charge in [0, 0.05) is 9.75 Å². The molecule has 0 spiro atoms. The summed E-state index contributed by atoms with van der Waals surface area (Å²) in [6.45, 7) is 6.37. The van der Waals surface area contributed by atoms with E-state index in [1.807, 2.05) is 0 Å². The highest BCUT2D eigenvalue weighted by Crippen LogP contribution is 2.30. The van der Waals surface area contributed by atoms with E-state index in [-0.39, 0.29) is 6.04 Å². The number of rotatable bonds is 3. The molecule has 0 aliphatic rings. The van der Waals surface area contributed by atoms with E-state index in [2.05, 4.69) is 56.5 Å². The van der Waals surface area contributed by atoms with Crippen LogP contribution < -0.4 is 11.3 Å². The number of hydrazine groups is 1. The molecule has 0 radical (unpaired) electrons. The molecule has 1 unspecified atom stereocenters. The molecular formula is C14H18N2S. The lowest BCUT2D eigenvalue weighted by molar-refractivity contribution is 0.646. The Morgan fingerprint density at radius 2 is 1.76 bits per heavy atom. The van der Waals surface area contributed by atoms with E-state index in [0.717, 1.165) is 0 Å². The van der Waals surface area contributed by atoms with Crippen LogP contribution in [0.2, 0.25) is 0 Å². The van der Waals surface area contributed by atoms with Crippen molar-refractivity contribution in [1.82, 2.24) is 5.43 Å². The molecule has 0 aliphatic carbocycles. The molecule has 2 nitrogen and oxygen atoms in total. The highest BCUT2D eigenvalue weighted by atomic mass is 32.1. The Kier molecular flexibility index (Phi) is 3.62. The maximum Gasteiger partial charge on any atom is 0.0802 e. The van der Waals surface area contributed by atoms with E-state index in [9.17, 15) is 0 Å². The van der Waals surface area contributed by atoms with E-state index in [0.29, 0.717) is 0 Å². The molecule has 2 rings (SSSR count). The summed E-state index contributed by atoms with van der Waals surface area (Å²) in [6, 6.07) is 10.8. The van der Waals surface area contributed by atoms with Crippen molar-refractivity contribution in [3.8, 4) is 0 Å². The number of aryl methyl sites for hydroxylation is 3. The van der Waals surface area contributed by atoms with Gasteiger partial charge >= 0.3 is 0 Å². The van der Waals surface area contributed by atoms with Crippen LogP contribution in [0.25, 0.3) is 0 Å². The van der Waals surface area contributed by atoms with Crippen molar-refractivity contribution >= 4 is 11.3 Å². The largest absolute Gasteiger partial charge is 0.271 e. The first-order valence-corrected chi connectivity index (χ1v) is 6.53. The maximum absolute atomic E-state index is 5.69. The van der Waals surface area contributed by atoms with Crippen LogP contribution in [-0.2, 0) is 0 Å². The minimum absolute atomic E-state index is 0.0907. The Morgan fingerprint density at radius 1 is 1.12 bits per heavy atom. The third-order valence-electron chi connectivity index (χ3n) is 3.05. The maximum atomic E-state index is 5.69. The van der Waals surface area contributed by atoms with Gasteiger partial charge in [-0.1, -0.05) is 29.8 Å². The summed E-state index contributed by atoms with van der Waals surface area (Å²) in [5.74, 6) is 5.69. The highest BCUT2D eigenvalue weighted by molar-refractivity contribution is 7.12. The van der Waals surface area contributed by atoms with Crippen molar-refractivity contribution < 1.29 is 0 Å². The van der Waals surface area contributed by atoms with E-state index in [4.69, 9.17) is 5.84 Å². The summed E-state index contributed by atoms with van der Waals surface area (Å²) >= 11 is 1.80. The van der Waals surface area contributed by atoms with Gasteiger partial charge in [0.1, 0.15) is 0 Å². The predicted octanol–water partition coefficient (Wildman–Crippen LogP) is 3.23. The summed E-state index contributed by atoms with van der Waals surface area (Å²) in [5.41, 5.74) is 6.71. The topological polar surface area (TPSA) is 38.0 Å². The van der Waals surface area contributed by atoms with E-state index in [1.54, 1.807) is 11.3 Å². The Morgan fingerprint density at radius 3 is 2.24 bits per heavy atom. The van der Waals surface area contributed by atoms with Gasteiger partial charge in [0.2, 0.25) is 0 Å². The second-order valence-corrected chi connectivity index (χ2v) is 5.69. The minimum atomic E-state index is 0.0907. The second-order valence-electron chi connectivity index (χ2n) is 4.40. The van der Waals surface area contributed by atoms with Crippen LogP contribution in [0, 0.1) is 20.8 Å². The van der Waals surface area contributed by atoms with Gasteiger partial charge in [-0.05, 0) is 38.0 Å². The summed E-state index contributed by atoms with van der Waals surface area (Å²) in [6.07, 6.45) is 0. The zero-order valence-electron chi connectivity index (χ0n) is 10.4. The van der Waals surface area contributed by atoms with Crippen LogP contribution in [0.3, 0.4) is 0 Å². The summed E-state index contributed by atoms with van der Waals surface area (Å²) in [7, 11) is 0. The van der Waals surface area contributed by atoms with Crippen molar-refractivity contribution in [2.75, 3.05) is 0 Å². The monoisotopic (exact) mass is 246 g/mol. The summed E-state index contributed by atoms with van der Waals surface area (Å²) in [5, 5.41) is 0. The SMILES string of the molecule is Cc1ccc(C(NN)c2cc(C)c(C)s2)cc1. The molecule has 90 valence electrons. The normalized spacial score (nSPS) is 12.7. The van der Waals surface area contributed by atoms with E-state index in [1.165, 1.54) is 26.4 Å². The van der Waals surface area contributed by atoms with Gasteiger partial charge in [-0.15, -0.1) is 11.3 Å². The fourth-order valence-corrected chi connectivity index (χ4v) is 2.98. The van der Waals surface area contributed by atoms with Gasteiger partial charge in [-0.25, -0.2) is 5.43 Å². The third-order valence-corrected chi connectivity index (χ3v) is 4.26. The molecule has 0 saturated heterocycles. The van der Waals surface area contributed by atoms with Crippen LogP contribution in [0.5, 0.6) is 0 Å². The zero-order chi connectivity index (χ0) is 12.4. The first-order chi connectivity index (χ1) is 8.11. The Balaban J connectivity index is 2.36. The molecule has 3 N–H and O–H groups in total. The molecule has 3 heteroatoms. The molecule has 2 aromatic rings. The van der Waals surface area contributed by atoms with Gasteiger partial charge in [-0.2, -0.15) is 0 Å². The second kappa shape index (κ2) is 5.00. The fraction of sp³-hybridized carbons (Fsp3) is 0.286. The van der Waals surface area contributed by atoms with Gasteiger partial charge in [0.15, 0.2) is 0 Å². The van der Waals surface area contributed by atoms with Crippen LogP contribution in [-0.4, -0.2) is 0 Å². The van der Waals surface area contributed by atoms with E-state index < -0.39 is 0 Å². The Bertz CT molecular complexity index is 480. The van der Waals surface area contributed by atoms with Crippen molar-refractivity contribution in [3.63, 3.8) is 0 Å². The first kappa shape index (κ1) is 12.3. The smallest absolute Gasteiger partial charge is 0.0802 e.